The fourth-order valence-electron chi connectivity index (χ4n) is 2.08. The first-order chi connectivity index (χ1) is 10.6. The molecule has 112 valence electrons. The van der Waals surface area contributed by atoms with E-state index in [0.717, 1.165) is 11.3 Å². The zero-order valence-corrected chi connectivity index (χ0v) is 13.5. The molecule has 0 radical (unpaired) electrons. The smallest absolute Gasteiger partial charge is 0.277 e. The molecule has 0 atom stereocenters. The lowest BCUT2D eigenvalue weighted by Gasteiger charge is -2.06. The van der Waals surface area contributed by atoms with Gasteiger partial charge in [-0.1, -0.05) is 12.1 Å². The minimum absolute atomic E-state index is 0.243. The Labute approximate surface area is 135 Å². The van der Waals surface area contributed by atoms with Gasteiger partial charge in [0.2, 0.25) is 0 Å². The molecular formula is C15H14BrN5O. The second kappa shape index (κ2) is 6.15. The number of hydrogen-bond acceptors (Lipinski definition) is 3. The molecule has 7 heteroatoms. The van der Waals surface area contributed by atoms with Crippen molar-refractivity contribution in [1.82, 2.24) is 19.6 Å². The van der Waals surface area contributed by atoms with E-state index in [4.69, 9.17) is 0 Å². The summed E-state index contributed by atoms with van der Waals surface area (Å²) in [6.45, 7) is 0.701. The number of aryl methyl sites for hydroxylation is 1. The fourth-order valence-corrected chi connectivity index (χ4v) is 2.63. The van der Waals surface area contributed by atoms with Crippen LogP contribution in [0.3, 0.4) is 0 Å². The molecule has 22 heavy (non-hydrogen) atoms. The second-order valence-corrected chi connectivity index (χ2v) is 5.71. The summed E-state index contributed by atoms with van der Waals surface area (Å²) < 4.78 is 4.10. The number of hydrogen-bond donors (Lipinski definition) is 1. The first-order valence-corrected chi connectivity index (χ1v) is 7.48. The monoisotopic (exact) mass is 359 g/mol. The standard InChI is InChI=1S/C15H14BrN5O/c1-20-10-13(16)14(19-20)15(22)18-12-5-3-11(4-6-12)9-21-8-2-7-17-21/h2-8,10H,9H2,1H3,(H,18,22). The molecule has 1 aromatic carbocycles. The maximum atomic E-state index is 12.2. The van der Waals surface area contributed by atoms with Gasteiger partial charge >= 0.3 is 0 Å². The molecule has 3 rings (SSSR count). The third-order valence-electron chi connectivity index (χ3n) is 3.11. The van der Waals surface area contributed by atoms with Crippen LogP contribution in [0.15, 0.2) is 53.4 Å². The summed E-state index contributed by atoms with van der Waals surface area (Å²) in [5.74, 6) is -0.243. The average molecular weight is 360 g/mol. The zero-order chi connectivity index (χ0) is 15.5. The lowest BCUT2D eigenvalue weighted by Crippen LogP contribution is -2.13. The Morgan fingerprint density at radius 2 is 2.09 bits per heavy atom. The molecule has 0 fully saturated rings. The third kappa shape index (κ3) is 3.25. The van der Waals surface area contributed by atoms with Gasteiger partial charge in [0, 0.05) is 31.3 Å². The largest absolute Gasteiger partial charge is 0.321 e. The Hall–Kier alpha value is -2.41. The van der Waals surface area contributed by atoms with Crippen molar-refractivity contribution in [3.8, 4) is 0 Å². The summed E-state index contributed by atoms with van der Waals surface area (Å²) in [6.07, 6.45) is 5.40. The van der Waals surface area contributed by atoms with Crippen LogP contribution in [0.2, 0.25) is 0 Å². The Morgan fingerprint density at radius 1 is 1.32 bits per heavy atom. The van der Waals surface area contributed by atoms with E-state index in [0.29, 0.717) is 16.7 Å². The molecule has 0 bridgehead atoms. The van der Waals surface area contributed by atoms with Gasteiger partial charge in [0.25, 0.3) is 5.91 Å². The number of aromatic nitrogens is 4. The quantitative estimate of drug-likeness (QED) is 0.778. The number of carbonyl (C=O) groups is 1. The molecule has 0 spiro atoms. The SMILES string of the molecule is Cn1cc(Br)c(C(=O)Nc2ccc(Cn3cccn3)cc2)n1. The first kappa shape index (κ1) is 14.5. The molecule has 0 saturated heterocycles. The summed E-state index contributed by atoms with van der Waals surface area (Å²) in [5.41, 5.74) is 2.20. The van der Waals surface area contributed by atoms with Gasteiger partial charge in [-0.25, -0.2) is 0 Å². The number of anilines is 1. The van der Waals surface area contributed by atoms with Crippen LogP contribution in [-0.2, 0) is 13.6 Å². The Morgan fingerprint density at radius 3 is 2.68 bits per heavy atom. The summed E-state index contributed by atoms with van der Waals surface area (Å²) in [5, 5.41) is 11.1. The van der Waals surface area contributed by atoms with Crippen LogP contribution in [0.4, 0.5) is 5.69 Å². The minimum Gasteiger partial charge on any atom is -0.321 e. The number of benzene rings is 1. The molecule has 2 aromatic heterocycles. The molecule has 0 aliphatic heterocycles. The highest BCUT2D eigenvalue weighted by atomic mass is 79.9. The topological polar surface area (TPSA) is 64.7 Å². The molecular weight excluding hydrogens is 346 g/mol. The van der Waals surface area contributed by atoms with Crippen LogP contribution in [0.25, 0.3) is 0 Å². The van der Waals surface area contributed by atoms with Gasteiger partial charge in [-0.2, -0.15) is 10.2 Å². The molecule has 2 heterocycles. The van der Waals surface area contributed by atoms with Crippen molar-refractivity contribution >= 4 is 27.5 Å². The van der Waals surface area contributed by atoms with E-state index in [9.17, 15) is 4.79 Å². The summed E-state index contributed by atoms with van der Waals surface area (Å²) >= 11 is 3.32. The van der Waals surface area contributed by atoms with Crippen molar-refractivity contribution < 1.29 is 4.79 Å². The molecule has 6 nitrogen and oxygen atoms in total. The van der Waals surface area contributed by atoms with Gasteiger partial charge in [-0.3, -0.25) is 14.2 Å². The molecule has 0 saturated carbocycles. The van der Waals surface area contributed by atoms with Crippen molar-refractivity contribution in [2.75, 3.05) is 5.32 Å². The summed E-state index contributed by atoms with van der Waals surface area (Å²) in [6, 6.07) is 9.55. The second-order valence-electron chi connectivity index (χ2n) is 4.85. The van der Waals surface area contributed by atoms with E-state index in [2.05, 4.69) is 31.4 Å². The highest BCUT2D eigenvalue weighted by molar-refractivity contribution is 9.10. The Bertz CT molecular complexity index is 777. The summed E-state index contributed by atoms with van der Waals surface area (Å²) in [4.78, 5) is 12.2. The number of amides is 1. The zero-order valence-electron chi connectivity index (χ0n) is 11.9. The highest BCUT2D eigenvalue weighted by Gasteiger charge is 2.14. The molecule has 0 unspecified atom stereocenters. The summed E-state index contributed by atoms with van der Waals surface area (Å²) in [7, 11) is 1.77. The van der Waals surface area contributed by atoms with E-state index in [-0.39, 0.29) is 5.91 Å². The average Bonchev–Trinajstić information content (AvgIpc) is 3.10. The van der Waals surface area contributed by atoms with Crippen LogP contribution >= 0.6 is 15.9 Å². The van der Waals surface area contributed by atoms with Crippen molar-refractivity contribution in [3.63, 3.8) is 0 Å². The Kier molecular flexibility index (Phi) is 4.06. The minimum atomic E-state index is -0.243. The van der Waals surface area contributed by atoms with Gasteiger partial charge < -0.3 is 5.32 Å². The van der Waals surface area contributed by atoms with Crippen molar-refractivity contribution in [1.29, 1.82) is 0 Å². The third-order valence-corrected chi connectivity index (χ3v) is 3.70. The van der Waals surface area contributed by atoms with E-state index in [1.54, 1.807) is 24.1 Å². The van der Waals surface area contributed by atoms with Gasteiger partial charge in [-0.15, -0.1) is 0 Å². The predicted octanol–water partition coefficient (Wildman–Crippen LogP) is 2.68. The molecule has 1 N–H and O–H groups in total. The lowest BCUT2D eigenvalue weighted by atomic mass is 10.2. The first-order valence-electron chi connectivity index (χ1n) is 6.69. The van der Waals surface area contributed by atoms with E-state index >= 15 is 0 Å². The van der Waals surface area contributed by atoms with Gasteiger partial charge in [0.05, 0.1) is 11.0 Å². The van der Waals surface area contributed by atoms with Crippen LogP contribution in [-0.4, -0.2) is 25.5 Å². The van der Waals surface area contributed by atoms with Crippen LogP contribution in [0.1, 0.15) is 16.1 Å². The molecule has 0 aliphatic rings. The number of rotatable bonds is 4. The molecule has 3 aromatic rings. The molecule has 1 amide bonds. The van der Waals surface area contributed by atoms with Crippen LogP contribution in [0.5, 0.6) is 0 Å². The highest BCUT2D eigenvalue weighted by Crippen LogP contribution is 2.17. The number of halogens is 1. The van der Waals surface area contributed by atoms with Gasteiger partial charge in [0.15, 0.2) is 5.69 Å². The maximum Gasteiger partial charge on any atom is 0.277 e. The fraction of sp³-hybridized carbons (Fsp3) is 0.133. The number of nitrogens with one attached hydrogen (secondary N) is 1. The van der Waals surface area contributed by atoms with E-state index in [1.807, 2.05) is 41.2 Å². The number of nitrogens with zero attached hydrogens (tertiary/aromatic N) is 4. The van der Waals surface area contributed by atoms with Crippen LogP contribution < -0.4 is 5.32 Å². The maximum absolute atomic E-state index is 12.2. The van der Waals surface area contributed by atoms with Crippen LogP contribution in [0, 0.1) is 0 Å². The van der Waals surface area contributed by atoms with Crippen molar-refractivity contribution in [3.05, 3.63) is 64.7 Å². The van der Waals surface area contributed by atoms with Gasteiger partial charge in [-0.05, 0) is 39.7 Å². The van der Waals surface area contributed by atoms with Crippen molar-refractivity contribution in [2.45, 2.75) is 6.54 Å². The lowest BCUT2D eigenvalue weighted by molar-refractivity contribution is 0.102. The van der Waals surface area contributed by atoms with Crippen molar-refractivity contribution in [2.24, 2.45) is 7.05 Å². The molecule has 0 aliphatic carbocycles. The predicted molar refractivity (Wildman–Crippen MR) is 86.6 cm³/mol. The van der Waals surface area contributed by atoms with Gasteiger partial charge in [0.1, 0.15) is 0 Å². The van der Waals surface area contributed by atoms with E-state index < -0.39 is 0 Å². The Balaban J connectivity index is 1.68. The number of carbonyl (C=O) groups excluding carboxylic acids is 1. The van der Waals surface area contributed by atoms with E-state index in [1.165, 1.54) is 0 Å². The normalized spacial score (nSPS) is 10.6.